The van der Waals surface area contributed by atoms with Gasteiger partial charge in [-0.2, -0.15) is 0 Å². The zero-order chi connectivity index (χ0) is 12.9. The van der Waals surface area contributed by atoms with E-state index in [1.165, 1.54) is 0 Å². The maximum Gasteiger partial charge on any atom is 0.154 e. The smallest absolute Gasteiger partial charge is 0.154 e. The van der Waals surface area contributed by atoms with E-state index in [1.54, 1.807) is 0 Å². The van der Waals surface area contributed by atoms with Crippen molar-refractivity contribution in [2.24, 2.45) is 11.8 Å². The summed E-state index contributed by atoms with van der Waals surface area (Å²) in [6.45, 7) is 4.30. The molecule has 2 unspecified atom stereocenters. The monoisotopic (exact) mass is 262 g/mol. The molecule has 0 radical (unpaired) electrons. The van der Waals surface area contributed by atoms with Gasteiger partial charge in [0.15, 0.2) is 9.84 Å². The average Bonchev–Trinajstić information content (AvgIpc) is 2.31. The van der Waals surface area contributed by atoms with Crippen LogP contribution >= 0.6 is 0 Å². The van der Waals surface area contributed by atoms with E-state index in [4.69, 9.17) is 5.84 Å². The fourth-order valence-electron chi connectivity index (χ4n) is 2.74. The Morgan fingerprint density at radius 3 is 2.41 bits per heavy atom. The topological polar surface area (TPSA) is 72.2 Å². The highest BCUT2D eigenvalue weighted by Gasteiger charge is 2.35. The van der Waals surface area contributed by atoms with Gasteiger partial charge in [-0.1, -0.05) is 33.1 Å². The van der Waals surface area contributed by atoms with Gasteiger partial charge in [-0.15, -0.1) is 0 Å². The Bertz CT molecular complexity index is 312. The lowest BCUT2D eigenvalue weighted by atomic mass is 9.92. The van der Waals surface area contributed by atoms with Crippen molar-refractivity contribution in [3.63, 3.8) is 0 Å². The van der Waals surface area contributed by atoms with Crippen LogP contribution in [0.1, 0.15) is 52.4 Å². The maximum atomic E-state index is 12.0. The summed E-state index contributed by atoms with van der Waals surface area (Å²) in [5, 5.41) is -0.276. The van der Waals surface area contributed by atoms with Crippen molar-refractivity contribution in [2.75, 3.05) is 5.75 Å². The third-order valence-electron chi connectivity index (χ3n) is 4.03. The Hall–Kier alpha value is -0.130. The van der Waals surface area contributed by atoms with Gasteiger partial charge in [0.1, 0.15) is 0 Å². The predicted octanol–water partition coefficient (Wildman–Crippen LogP) is 1.61. The lowest BCUT2D eigenvalue weighted by Gasteiger charge is -2.31. The molecule has 4 nitrogen and oxygen atoms in total. The van der Waals surface area contributed by atoms with Gasteiger partial charge in [-0.3, -0.25) is 11.3 Å². The second-order valence-electron chi connectivity index (χ2n) is 5.09. The molecule has 5 heteroatoms. The molecule has 0 aromatic heterocycles. The fourth-order valence-corrected chi connectivity index (χ4v) is 4.86. The summed E-state index contributed by atoms with van der Waals surface area (Å²) in [7, 11) is -2.94. The minimum absolute atomic E-state index is 0.0785. The van der Waals surface area contributed by atoms with E-state index in [0.29, 0.717) is 11.7 Å². The van der Waals surface area contributed by atoms with Crippen LogP contribution in [0.15, 0.2) is 0 Å². The van der Waals surface area contributed by atoms with Crippen LogP contribution in [0.4, 0.5) is 0 Å². The minimum atomic E-state index is -2.94. The number of hydrazine groups is 1. The maximum absolute atomic E-state index is 12.0. The van der Waals surface area contributed by atoms with E-state index >= 15 is 0 Å². The molecule has 0 bridgehead atoms. The molecule has 0 spiro atoms. The van der Waals surface area contributed by atoms with Crippen molar-refractivity contribution in [1.29, 1.82) is 0 Å². The number of hydrogen-bond acceptors (Lipinski definition) is 4. The number of nitrogens with one attached hydrogen (secondary N) is 1. The highest BCUT2D eigenvalue weighted by Crippen LogP contribution is 2.26. The summed E-state index contributed by atoms with van der Waals surface area (Å²) in [6.07, 6.45) is 5.61. The van der Waals surface area contributed by atoms with Gasteiger partial charge in [-0.05, 0) is 25.2 Å². The van der Waals surface area contributed by atoms with E-state index in [0.717, 1.165) is 38.5 Å². The van der Waals surface area contributed by atoms with Crippen molar-refractivity contribution in [3.8, 4) is 0 Å². The first-order chi connectivity index (χ1) is 8.05. The van der Waals surface area contributed by atoms with Crippen LogP contribution < -0.4 is 11.3 Å². The summed E-state index contributed by atoms with van der Waals surface area (Å²) in [6, 6.07) is -0.0785. The van der Waals surface area contributed by atoms with Gasteiger partial charge in [0, 0.05) is 6.04 Å². The minimum Gasteiger partial charge on any atom is -0.271 e. The Kier molecular flexibility index (Phi) is 5.89. The molecule has 102 valence electrons. The number of rotatable bonds is 6. The van der Waals surface area contributed by atoms with Crippen LogP contribution in [-0.4, -0.2) is 25.5 Å². The highest BCUT2D eigenvalue weighted by molar-refractivity contribution is 7.92. The Balaban J connectivity index is 2.71. The van der Waals surface area contributed by atoms with E-state index in [2.05, 4.69) is 19.3 Å². The third-order valence-corrected chi connectivity index (χ3v) is 6.38. The predicted molar refractivity (Wildman–Crippen MR) is 71.2 cm³/mol. The van der Waals surface area contributed by atoms with E-state index in [-0.39, 0.29) is 11.3 Å². The SMILES string of the molecule is CCC(CC)CC(NN)C1CCCCS1(=O)=O. The summed E-state index contributed by atoms with van der Waals surface area (Å²) in [5.74, 6) is 6.46. The van der Waals surface area contributed by atoms with Gasteiger partial charge in [0.05, 0.1) is 11.0 Å². The molecule has 1 aliphatic heterocycles. The third kappa shape index (κ3) is 3.93. The van der Waals surface area contributed by atoms with Crippen LogP contribution in [0.25, 0.3) is 0 Å². The summed E-state index contributed by atoms with van der Waals surface area (Å²) >= 11 is 0. The molecule has 17 heavy (non-hydrogen) atoms. The van der Waals surface area contributed by atoms with Crippen LogP contribution in [0.3, 0.4) is 0 Å². The fraction of sp³-hybridized carbons (Fsp3) is 1.00. The zero-order valence-corrected chi connectivity index (χ0v) is 11.8. The first-order valence-electron chi connectivity index (χ1n) is 6.72. The van der Waals surface area contributed by atoms with Gasteiger partial charge >= 0.3 is 0 Å². The average molecular weight is 262 g/mol. The van der Waals surface area contributed by atoms with Crippen molar-refractivity contribution in [3.05, 3.63) is 0 Å². The second kappa shape index (κ2) is 6.71. The van der Waals surface area contributed by atoms with E-state index in [1.807, 2.05) is 0 Å². The molecule has 0 aliphatic carbocycles. The summed E-state index contributed by atoms with van der Waals surface area (Å²) in [4.78, 5) is 0. The Morgan fingerprint density at radius 2 is 1.94 bits per heavy atom. The molecular formula is C12H26N2O2S. The normalized spacial score (nSPS) is 26.0. The first kappa shape index (κ1) is 14.9. The molecule has 3 N–H and O–H groups in total. The van der Waals surface area contributed by atoms with Crippen LogP contribution in [0, 0.1) is 5.92 Å². The van der Waals surface area contributed by atoms with Gasteiger partial charge < -0.3 is 0 Å². The van der Waals surface area contributed by atoms with Crippen LogP contribution in [0.5, 0.6) is 0 Å². The second-order valence-corrected chi connectivity index (χ2v) is 7.43. The van der Waals surface area contributed by atoms with Crippen molar-refractivity contribution < 1.29 is 8.42 Å². The number of sulfone groups is 1. The Morgan fingerprint density at radius 1 is 1.29 bits per heavy atom. The Labute approximate surface area is 105 Å². The molecule has 0 amide bonds. The molecule has 1 saturated heterocycles. The zero-order valence-electron chi connectivity index (χ0n) is 11.0. The van der Waals surface area contributed by atoms with Gasteiger partial charge in [0.2, 0.25) is 0 Å². The van der Waals surface area contributed by atoms with Crippen molar-refractivity contribution >= 4 is 9.84 Å². The van der Waals surface area contributed by atoms with Crippen LogP contribution in [-0.2, 0) is 9.84 Å². The van der Waals surface area contributed by atoms with E-state index in [9.17, 15) is 8.42 Å². The quantitative estimate of drug-likeness (QED) is 0.563. The van der Waals surface area contributed by atoms with Crippen molar-refractivity contribution in [2.45, 2.75) is 63.7 Å². The molecule has 1 rings (SSSR count). The first-order valence-corrected chi connectivity index (χ1v) is 8.44. The lowest BCUT2D eigenvalue weighted by Crippen LogP contribution is -2.50. The molecule has 1 fully saturated rings. The largest absolute Gasteiger partial charge is 0.271 e. The van der Waals surface area contributed by atoms with Crippen LogP contribution in [0.2, 0.25) is 0 Å². The van der Waals surface area contributed by atoms with Crippen molar-refractivity contribution in [1.82, 2.24) is 5.43 Å². The molecule has 0 aromatic carbocycles. The van der Waals surface area contributed by atoms with Gasteiger partial charge in [0.25, 0.3) is 0 Å². The van der Waals surface area contributed by atoms with E-state index < -0.39 is 9.84 Å². The highest BCUT2D eigenvalue weighted by atomic mass is 32.2. The molecular weight excluding hydrogens is 236 g/mol. The standard InChI is InChI=1S/C12H26N2O2S/c1-3-10(4-2)9-11(14-13)12-7-5-6-8-17(12,15)16/h10-12,14H,3-9,13H2,1-2H3. The lowest BCUT2D eigenvalue weighted by molar-refractivity contribution is 0.343. The summed E-state index contributed by atoms with van der Waals surface area (Å²) in [5.41, 5.74) is 2.75. The summed E-state index contributed by atoms with van der Waals surface area (Å²) < 4.78 is 24.1. The molecule has 0 aromatic rings. The molecule has 1 heterocycles. The van der Waals surface area contributed by atoms with Gasteiger partial charge in [-0.25, -0.2) is 8.42 Å². The molecule has 2 atom stereocenters. The number of hydrogen-bond donors (Lipinski definition) is 2. The molecule has 1 aliphatic rings. The number of nitrogens with two attached hydrogens (primary N) is 1. The molecule has 0 saturated carbocycles.